The number of aromatic hydroxyl groups is 3. The summed E-state index contributed by atoms with van der Waals surface area (Å²) in [6.07, 6.45) is 3.35. The minimum Gasteiger partial charge on any atom is -0.508 e. The first-order valence-electron chi connectivity index (χ1n) is 15.2. The topological polar surface area (TPSA) is 160 Å². The zero-order valence-corrected chi connectivity index (χ0v) is 26.6. The summed E-state index contributed by atoms with van der Waals surface area (Å²) in [6.45, 7) is 2.48. The van der Waals surface area contributed by atoms with Crippen molar-refractivity contribution in [2.75, 3.05) is 18.5 Å². The normalized spacial score (nSPS) is 13.6. The number of thiocarbonyl (C=S) groups is 1. The second-order valence-corrected chi connectivity index (χ2v) is 12.0. The van der Waals surface area contributed by atoms with Gasteiger partial charge in [-0.15, -0.1) is 0 Å². The van der Waals surface area contributed by atoms with Gasteiger partial charge in [0.15, 0.2) is 16.4 Å². The molecule has 13 heteroatoms. The van der Waals surface area contributed by atoms with Gasteiger partial charge < -0.3 is 40.2 Å². The SMILES string of the molecule is Cc1nc2cnc(-c3ccc(OCCNC(=S)Nc4ccc5c(c4)C(=O)OC54c5ccc(O)cc5Oc5cc(O)ccc54)cc3)cn2c1O. The Kier molecular flexibility index (Phi) is 7.00. The number of benzene rings is 4. The lowest BCUT2D eigenvalue weighted by Gasteiger charge is -2.36. The van der Waals surface area contributed by atoms with Crippen molar-refractivity contribution in [2.24, 2.45) is 0 Å². The number of ether oxygens (including phenoxy) is 3. The molecule has 12 nitrogen and oxygen atoms in total. The molecule has 2 aliphatic heterocycles. The number of phenols is 2. The van der Waals surface area contributed by atoms with Crippen LogP contribution in [0.1, 0.15) is 32.7 Å². The molecule has 8 rings (SSSR count). The van der Waals surface area contributed by atoms with E-state index in [1.807, 2.05) is 24.3 Å². The molecule has 49 heavy (non-hydrogen) atoms. The Hall–Kier alpha value is -6.34. The van der Waals surface area contributed by atoms with E-state index in [0.29, 0.717) is 80.5 Å². The van der Waals surface area contributed by atoms with Crippen LogP contribution in [0.4, 0.5) is 5.69 Å². The molecule has 4 aromatic carbocycles. The van der Waals surface area contributed by atoms with E-state index in [-0.39, 0.29) is 17.4 Å². The number of imidazole rings is 1. The fourth-order valence-corrected chi connectivity index (χ4v) is 6.44. The quantitative estimate of drug-likeness (QED) is 0.0829. The molecule has 5 N–H and O–H groups in total. The Morgan fingerprint density at radius 1 is 0.939 bits per heavy atom. The first-order valence-corrected chi connectivity index (χ1v) is 15.6. The maximum Gasteiger partial charge on any atom is 0.340 e. The van der Waals surface area contributed by atoms with Crippen molar-refractivity contribution in [3.05, 3.63) is 119 Å². The number of hydrogen-bond donors (Lipinski definition) is 5. The minimum atomic E-state index is -1.34. The van der Waals surface area contributed by atoms with E-state index in [2.05, 4.69) is 20.6 Å². The van der Waals surface area contributed by atoms with Gasteiger partial charge in [0.05, 0.1) is 24.0 Å². The summed E-state index contributed by atoms with van der Waals surface area (Å²) in [6, 6.07) is 22.0. The maximum absolute atomic E-state index is 13.4. The molecule has 0 aliphatic carbocycles. The smallest absolute Gasteiger partial charge is 0.340 e. The van der Waals surface area contributed by atoms with Gasteiger partial charge in [0.1, 0.15) is 41.0 Å². The maximum atomic E-state index is 13.4. The van der Waals surface area contributed by atoms with Gasteiger partial charge in [0.2, 0.25) is 5.88 Å². The number of aromatic nitrogens is 3. The third-order valence-corrected chi connectivity index (χ3v) is 8.74. The van der Waals surface area contributed by atoms with Crippen molar-refractivity contribution in [2.45, 2.75) is 12.5 Å². The fourth-order valence-electron chi connectivity index (χ4n) is 6.22. The van der Waals surface area contributed by atoms with Crippen LogP contribution in [0.15, 0.2) is 91.3 Å². The summed E-state index contributed by atoms with van der Waals surface area (Å²) >= 11 is 5.50. The van der Waals surface area contributed by atoms with Crippen LogP contribution in [-0.2, 0) is 10.3 Å². The molecule has 1 spiro atoms. The van der Waals surface area contributed by atoms with Crippen molar-refractivity contribution >= 4 is 34.6 Å². The molecule has 0 atom stereocenters. The predicted molar refractivity (Wildman–Crippen MR) is 183 cm³/mol. The van der Waals surface area contributed by atoms with E-state index in [1.165, 1.54) is 24.3 Å². The summed E-state index contributed by atoms with van der Waals surface area (Å²) in [4.78, 5) is 22.1. The molecule has 0 amide bonds. The number of hydrogen-bond acceptors (Lipinski definition) is 10. The van der Waals surface area contributed by atoms with Gasteiger partial charge in [-0.3, -0.25) is 9.38 Å². The van der Waals surface area contributed by atoms with E-state index in [1.54, 1.807) is 54.0 Å². The van der Waals surface area contributed by atoms with Crippen molar-refractivity contribution < 1.29 is 34.3 Å². The van der Waals surface area contributed by atoms with Gasteiger partial charge in [-0.05, 0) is 79.8 Å². The molecule has 0 saturated heterocycles. The summed E-state index contributed by atoms with van der Waals surface area (Å²) in [5, 5.41) is 37.0. The van der Waals surface area contributed by atoms with Gasteiger partial charge in [-0.1, -0.05) is 6.07 Å². The van der Waals surface area contributed by atoms with Crippen LogP contribution in [0.5, 0.6) is 34.6 Å². The van der Waals surface area contributed by atoms with Crippen LogP contribution in [0.2, 0.25) is 0 Å². The van der Waals surface area contributed by atoms with Crippen molar-refractivity contribution in [1.82, 2.24) is 19.7 Å². The van der Waals surface area contributed by atoms with Crippen LogP contribution < -0.4 is 20.1 Å². The number of carbonyl (C=O) groups is 1. The monoisotopic (exact) mass is 673 g/mol. The number of rotatable bonds is 6. The molecule has 0 unspecified atom stereocenters. The molecule has 2 aromatic heterocycles. The molecule has 0 fully saturated rings. The van der Waals surface area contributed by atoms with Crippen LogP contribution in [0.3, 0.4) is 0 Å². The second kappa shape index (κ2) is 11.4. The number of fused-ring (bicyclic) bond motifs is 7. The Morgan fingerprint density at radius 2 is 1.63 bits per heavy atom. The number of carbonyl (C=O) groups excluding carboxylic acids is 1. The third kappa shape index (κ3) is 5.07. The average molecular weight is 674 g/mol. The highest BCUT2D eigenvalue weighted by Gasteiger charge is 2.53. The summed E-state index contributed by atoms with van der Waals surface area (Å²) in [5.41, 5.74) is 3.92. The number of nitrogens with zero attached hydrogens (tertiary/aromatic N) is 3. The van der Waals surface area contributed by atoms with E-state index >= 15 is 0 Å². The third-order valence-electron chi connectivity index (χ3n) is 8.49. The molecule has 0 bridgehead atoms. The van der Waals surface area contributed by atoms with Crippen molar-refractivity contribution in [3.63, 3.8) is 0 Å². The van der Waals surface area contributed by atoms with Crippen LogP contribution in [0.25, 0.3) is 16.9 Å². The number of aryl methyl sites for hydroxylation is 1. The Balaban J connectivity index is 0.924. The minimum absolute atomic E-state index is 0.0130. The summed E-state index contributed by atoms with van der Waals surface area (Å²) in [5.74, 6) is 0.808. The average Bonchev–Trinajstić information content (AvgIpc) is 3.54. The number of phenolic OH excluding ortho intramolecular Hbond substituents is 2. The zero-order valence-electron chi connectivity index (χ0n) is 25.8. The van der Waals surface area contributed by atoms with Gasteiger partial charge in [-0.2, -0.15) is 0 Å². The highest BCUT2D eigenvalue weighted by atomic mass is 32.1. The molecule has 244 valence electrons. The van der Waals surface area contributed by atoms with E-state index in [9.17, 15) is 20.1 Å². The molecule has 2 aliphatic rings. The lowest BCUT2D eigenvalue weighted by atomic mass is 9.77. The lowest BCUT2D eigenvalue weighted by Crippen LogP contribution is -2.33. The molecular weight excluding hydrogens is 646 g/mol. The van der Waals surface area contributed by atoms with Gasteiger partial charge in [0.25, 0.3) is 0 Å². The highest BCUT2D eigenvalue weighted by Crippen LogP contribution is 2.57. The number of esters is 1. The molecule has 4 heterocycles. The first-order chi connectivity index (χ1) is 23.7. The van der Waals surface area contributed by atoms with Gasteiger partial charge in [0, 0.05) is 46.3 Å². The van der Waals surface area contributed by atoms with E-state index in [0.717, 1.165) is 5.56 Å². The molecule has 0 saturated carbocycles. The molecule has 6 aromatic rings. The van der Waals surface area contributed by atoms with Crippen LogP contribution in [0, 0.1) is 6.92 Å². The Bertz CT molecular complexity index is 2270. The van der Waals surface area contributed by atoms with Crippen LogP contribution >= 0.6 is 12.2 Å². The highest BCUT2D eigenvalue weighted by molar-refractivity contribution is 7.80. The zero-order chi connectivity index (χ0) is 33.9. The molecule has 0 radical (unpaired) electrons. The van der Waals surface area contributed by atoms with Gasteiger partial charge >= 0.3 is 5.97 Å². The van der Waals surface area contributed by atoms with E-state index in [4.69, 9.17) is 26.4 Å². The number of nitrogens with one attached hydrogen (secondary N) is 2. The standard InChI is InChI=1S/C36H27N5O7S/c1-19-33(44)41-18-29(38-17-32(41)39-19)20-2-7-24(8-3-20)46-13-12-37-35(49)40-21-4-9-26-25(14-21)34(45)48-36(26)27-10-5-22(42)15-30(27)47-31-16-23(43)6-11-28(31)36/h2-11,14-18,42-44H,12-13H2,1H3,(H2,37,40,49). The lowest BCUT2D eigenvalue weighted by molar-refractivity contribution is 0.0224. The summed E-state index contributed by atoms with van der Waals surface area (Å²) < 4.78 is 19.6. The Morgan fingerprint density at radius 3 is 2.35 bits per heavy atom. The Labute approximate surface area is 284 Å². The van der Waals surface area contributed by atoms with Gasteiger partial charge in [-0.25, -0.2) is 9.78 Å². The molecular formula is C36H27N5O7S. The predicted octanol–water partition coefficient (Wildman–Crippen LogP) is 5.75. The summed E-state index contributed by atoms with van der Waals surface area (Å²) in [7, 11) is 0. The number of anilines is 1. The fraction of sp³-hybridized carbons (Fsp3) is 0.111. The largest absolute Gasteiger partial charge is 0.508 e. The first kappa shape index (κ1) is 30.0. The van der Waals surface area contributed by atoms with Crippen LogP contribution in [-0.4, -0.2) is 53.9 Å². The van der Waals surface area contributed by atoms with Crippen molar-refractivity contribution in [1.29, 1.82) is 0 Å². The van der Waals surface area contributed by atoms with Crippen molar-refractivity contribution in [3.8, 4) is 45.9 Å². The second-order valence-electron chi connectivity index (χ2n) is 11.6. The van der Waals surface area contributed by atoms with E-state index < -0.39 is 11.6 Å².